The summed E-state index contributed by atoms with van der Waals surface area (Å²) in [6.07, 6.45) is 7.61. The lowest BCUT2D eigenvalue weighted by atomic mass is 9.91. The van der Waals surface area contributed by atoms with Crippen molar-refractivity contribution in [2.75, 3.05) is 31.9 Å². The van der Waals surface area contributed by atoms with Gasteiger partial charge in [-0.3, -0.25) is 34.4 Å². The molecule has 0 radical (unpaired) electrons. The lowest BCUT2D eigenvalue weighted by molar-refractivity contribution is -0.145. The minimum absolute atomic E-state index is 0.0362. The molecule has 1 rings (SSSR count). The molecule has 1 aliphatic heterocycles. The van der Waals surface area contributed by atoms with Gasteiger partial charge in [0.2, 0.25) is 23.6 Å². The molecule has 1 aliphatic rings. The van der Waals surface area contributed by atoms with Crippen molar-refractivity contribution in [2.45, 2.75) is 107 Å². The van der Waals surface area contributed by atoms with E-state index in [9.17, 15) is 33.9 Å². The highest BCUT2D eigenvalue weighted by Gasteiger charge is 2.37. The summed E-state index contributed by atoms with van der Waals surface area (Å²) in [6.45, 7) is 0.575. The zero-order chi connectivity index (χ0) is 39.9. The molecule has 0 aromatic heterocycles. The summed E-state index contributed by atoms with van der Waals surface area (Å²) in [7, 11) is 0. The van der Waals surface area contributed by atoms with E-state index in [0.717, 1.165) is 19.3 Å². The summed E-state index contributed by atoms with van der Waals surface area (Å²) in [4.78, 5) is 82.6. The van der Waals surface area contributed by atoms with Gasteiger partial charge < -0.3 is 60.4 Å². The van der Waals surface area contributed by atoms with Gasteiger partial charge in [0.15, 0.2) is 11.7 Å². The third-order valence-electron chi connectivity index (χ3n) is 8.64. The number of Topliss-reactive ketones (excluding diaryl/α,β-unsaturated/α-hetero) is 1. The number of unbranched alkanes of at least 4 members (excludes halogenated alkanes) is 3. The van der Waals surface area contributed by atoms with E-state index in [-0.39, 0.29) is 75.2 Å². The molecular weight excluding hydrogens is 709 g/mol. The molecule has 0 fully saturated rings. The Morgan fingerprint density at radius 1 is 0.887 bits per heavy atom. The molecule has 53 heavy (non-hydrogen) atoms. The van der Waals surface area contributed by atoms with Crippen LogP contribution in [0.2, 0.25) is 0 Å². The summed E-state index contributed by atoms with van der Waals surface area (Å²) in [6, 6.07) is -5.03. The number of guanidine groups is 1. The molecule has 0 saturated heterocycles. The molecule has 0 aliphatic carbocycles. The van der Waals surface area contributed by atoms with E-state index in [1.807, 2.05) is 0 Å². The van der Waals surface area contributed by atoms with E-state index in [2.05, 4.69) is 33.6 Å². The van der Waals surface area contributed by atoms with Gasteiger partial charge in [-0.05, 0) is 57.9 Å². The second-order valence-corrected chi connectivity index (χ2v) is 13.4. The number of nitrogens with one attached hydrogen (secondary N) is 4. The van der Waals surface area contributed by atoms with Crippen LogP contribution in [0.25, 0.3) is 0 Å². The number of amidine groups is 1. The van der Waals surface area contributed by atoms with Crippen molar-refractivity contribution in [3.63, 3.8) is 0 Å². The lowest BCUT2D eigenvalue weighted by Crippen LogP contribution is -2.53. The first-order valence-corrected chi connectivity index (χ1v) is 18.6. The van der Waals surface area contributed by atoms with E-state index in [0.29, 0.717) is 32.2 Å². The Balaban J connectivity index is 2.87. The molecule has 1 heterocycles. The fourth-order valence-corrected chi connectivity index (χ4v) is 5.77. The number of ketones is 1. The van der Waals surface area contributed by atoms with E-state index in [1.54, 1.807) is 6.08 Å². The van der Waals surface area contributed by atoms with Gasteiger partial charge in [-0.1, -0.05) is 25.0 Å². The number of carbonyl (C=O) groups is 6. The summed E-state index contributed by atoms with van der Waals surface area (Å²) >= 11 is 4.06. The Kier molecular flexibility index (Phi) is 22.6. The van der Waals surface area contributed by atoms with Crippen LogP contribution in [0.1, 0.15) is 77.0 Å². The lowest BCUT2D eigenvalue weighted by Gasteiger charge is -2.29. The molecule has 0 unspecified atom stereocenters. The van der Waals surface area contributed by atoms with Gasteiger partial charge in [-0.25, -0.2) is 4.79 Å². The van der Waals surface area contributed by atoms with Gasteiger partial charge >= 0.3 is 5.97 Å². The number of amides is 4. The second kappa shape index (κ2) is 25.7. The smallest absolute Gasteiger partial charge is 0.326 e. The molecule has 4 amide bonds. The Morgan fingerprint density at radius 2 is 1.57 bits per heavy atom. The molecular formula is C33H60N12O7S. The second-order valence-electron chi connectivity index (χ2n) is 13.0. The van der Waals surface area contributed by atoms with Crippen LogP contribution in [0.3, 0.4) is 0 Å². The van der Waals surface area contributed by atoms with Crippen molar-refractivity contribution in [3.8, 4) is 0 Å². The van der Waals surface area contributed by atoms with E-state index in [4.69, 9.17) is 39.8 Å². The first-order chi connectivity index (χ1) is 25.1. The third-order valence-corrected chi connectivity index (χ3v) is 9.03. The monoisotopic (exact) mass is 768 g/mol. The van der Waals surface area contributed by atoms with Crippen LogP contribution in [0.4, 0.5) is 0 Å². The van der Waals surface area contributed by atoms with Crippen molar-refractivity contribution < 1.29 is 33.9 Å². The van der Waals surface area contributed by atoms with Crippen LogP contribution < -0.4 is 50.4 Å². The van der Waals surface area contributed by atoms with Crippen LogP contribution in [0, 0.1) is 11.3 Å². The fourth-order valence-electron chi connectivity index (χ4n) is 5.61. The van der Waals surface area contributed by atoms with Gasteiger partial charge in [-0.2, -0.15) is 12.6 Å². The van der Waals surface area contributed by atoms with Crippen molar-refractivity contribution in [1.29, 1.82) is 5.41 Å². The van der Waals surface area contributed by atoms with Crippen LogP contribution >= 0.6 is 12.6 Å². The summed E-state index contributed by atoms with van der Waals surface area (Å²) in [5.74, 6) is -4.73. The Labute approximate surface area is 316 Å². The minimum Gasteiger partial charge on any atom is -0.480 e. The number of hydrogen-bond donors (Lipinski definition) is 12. The Morgan fingerprint density at radius 3 is 2.19 bits per heavy atom. The zero-order valence-corrected chi connectivity index (χ0v) is 31.2. The van der Waals surface area contributed by atoms with Gasteiger partial charge in [0.25, 0.3) is 0 Å². The summed E-state index contributed by atoms with van der Waals surface area (Å²) in [5.41, 5.74) is 33.6. The molecule has 0 aromatic rings. The third kappa shape index (κ3) is 18.4. The number of aliphatic imine (C=N–C) groups is 1. The van der Waals surface area contributed by atoms with Gasteiger partial charge in [0, 0.05) is 44.1 Å². The number of thiol groups is 1. The number of nitrogens with zero attached hydrogens (tertiary/aromatic N) is 2. The van der Waals surface area contributed by atoms with E-state index >= 15 is 0 Å². The highest BCUT2D eigenvalue weighted by molar-refractivity contribution is 7.80. The maximum absolute atomic E-state index is 13.8. The summed E-state index contributed by atoms with van der Waals surface area (Å²) in [5, 5.41) is 24.8. The number of aliphatic carboxylic acids is 1. The zero-order valence-electron chi connectivity index (χ0n) is 30.3. The topological polar surface area (TPSA) is 354 Å². The highest BCUT2D eigenvalue weighted by Crippen LogP contribution is 2.21. The first-order valence-electron chi connectivity index (χ1n) is 17.9. The Bertz CT molecular complexity index is 1300. The van der Waals surface area contributed by atoms with Crippen LogP contribution in [0.5, 0.6) is 0 Å². The molecule has 19 nitrogen and oxygen atoms in total. The maximum Gasteiger partial charge on any atom is 0.326 e. The number of hydrogen-bond acceptors (Lipinski definition) is 12. The summed E-state index contributed by atoms with van der Waals surface area (Å²) < 4.78 is 0. The minimum atomic E-state index is -1.26. The number of rotatable bonds is 28. The molecule has 0 aromatic carbocycles. The molecule has 0 saturated carbocycles. The van der Waals surface area contributed by atoms with Crippen molar-refractivity contribution >= 4 is 59.8 Å². The van der Waals surface area contributed by atoms with Crippen LogP contribution in [-0.4, -0.2) is 119 Å². The molecule has 0 bridgehead atoms. The van der Waals surface area contributed by atoms with Gasteiger partial charge in [-0.15, -0.1) is 0 Å². The predicted octanol–water partition coefficient (Wildman–Crippen LogP) is -2.46. The molecule has 300 valence electrons. The quantitative estimate of drug-likeness (QED) is 0.0129. The number of carboxylic acid groups (broad SMARTS) is 1. The van der Waals surface area contributed by atoms with Crippen LogP contribution in [0.15, 0.2) is 17.1 Å². The molecule has 0 spiro atoms. The Hall–Kier alpha value is -4.27. The predicted molar refractivity (Wildman–Crippen MR) is 204 cm³/mol. The number of nitrogens with two attached hydrogens (primary N) is 6. The molecule has 20 heteroatoms. The number of carbonyl (C=O) groups excluding carboxylic acids is 5. The fraction of sp³-hybridized carbons (Fsp3) is 0.697. The molecule has 6 atom stereocenters. The molecule has 17 N–H and O–H groups in total. The number of carboxylic acids is 1. The first kappa shape index (κ1) is 46.8. The highest BCUT2D eigenvalue weighted by atomic mass is 32.1. The van der Waals surface area contributed by atoms with Crippen molar-refractivity contribution in [2.24, 2.45) is 45.3 Å². The van der Waals surface area contributed by atoms with Gasteiger partial charge in [0.1, 0.15) is 12.1 Å². The standard InChI is InChI=1S/C33H60N12O7S/c34-14-13-20(31(50)45-17-7-11-25(45)30(49)44-24(32(51)52)10-6-16-42-33(39)40)18-26(46)23(43-29(48)22(36)19-53)9-4-5-15-41-28(47)21(35)8-2-1-3-12-27(37)38/h7,11,20-25,53H,1-6,8-10,12-19,34-36H2,(H3,37,38)(H,41,47)(H,43,48)(H,44,49)(H,51,52)(H4,39,40,42)/t20-,21+,22+,23+,24+,25+/m1/s1. The maximum atomic E-state index is 13.8. The van der Waals surface area contributed by atoms with Crippen LogP contribution in [-0.2, 0) is 28.8 Å². The van der Waals surface area contributed by atoms with E-state index in [1.165, 1.54) is 11.0 Å². The van der Waals surface area contributed by atoms with Gasteiger partial charge in [0.05, 0.1) is 24.0 Å². The normalized spacial score (nSPS) is 16.5. The van der Waals surface area contributed by atoms with Crippen molar-refractivity contribution in [3.05, 3.63) is 12.2 Å². The largest absolute Gasteiger partial charge is 0.480 e. The average molecular weight is 769 g/mol. The average Bonchev–Trinajstić information content (AvgIpc) is 3.60. The van der Waals surface area contributed by atoms with Crippen molar-refractivity contribution in [1.82, 2.24) is 20.9 Å². The van der Waals surface area contributed by atoms with E-state index < -0.39 is 65.6 Å². The SMILES string of the molecule is N=C(N)CCCCC[C@H](N)C(=O)NCCCC[C@H](NC(=O)[C@@H](N)CS)C(=O)C[C@@H](CCN)C(=O)N1CC=C[C@H]1C(=O)N[C@@H](CCCN=C(N)N)C(=O)O.